The molecule has 3 rings (SSSR count). The van der Waals surface area contributed by atoms with Crippen molar-refractivity contribution in [1.82, 2.24) is 20.0 Å². The first-order valence-electron chi connectivity index (χ1n) is 6.12. The molecule has 21 heavy (non-hydrogen) atoms. The number of nitrogens with one attached hydrogen (secondary N) is 1. The molecule has 104 valence electrons. The summed E-state index contributed by atoms with van der Waals surface area (Å²) >= 11 is 5.97. The third-order valence-electron chi connectivity index (χ3n) is 2.84. The Morgan fingerprint density at radius 3 is 2.81 bits per heavy atom. The topological polar surface area (TPSA) is 72.7 Å². The Balaban J connectivity index is 1.93. The van der Waals surface area contributed by atoms with E-state index >= 15 is 0 Å². The monoisotopic (exact) mass is 299 g/mol. The lowest BCUT2D eigenvalue weighted by atomic mass is 10.2. The Hall–Kier alpha value is -2.73. The fourth-order valence-electron chi connectivity index (χ4n) is 1.86. The Labute approximate surface area is 125 Å². The van der Waals surface area contributed by atoms with E-state index < -0.39 is 0 Å². The highest BCUT2D eigenvalue weighted by atomic mass is 35.5. The van der Waals surface area contributed by atoms with Crippen molar-refractivity contribution < 1.29 is 4.79 Å². The van der Waals surface area contributed by atoms with Gasteiger partial charge in [-0.15, -0.1) is 5.10 Å². The summed E-state index contributed by atoms with van der Waals surface area (Å²) in [6.45, 7) is 0. The third-order valence-corrected chi connectivity index (χ3v) is 3.14. The molecule has 2 aromatic heterocycles. The highest BCUT2D eigenvalue weighted by Crippen LogP contribution is 2.21. The Morgan fingerprint density at radius 1 is 1.19 bits per heavy atom. The summed E-state index contributed by atoms with van der Waals surface area (Å²) in [5.41, 5.74) is 1.69. The molecular weight excluding hydrogens is 290 g/mol. The number of hydrogen-bond donors (Lipinski definition) is 1. The van der Waals surface area contributed by atoms with Crippen molar-refractivity contribution in [2.24, 2.45) is 0 Å². The van der Waals surface area contributed by atoms with Gasteiger partial charge in [0.2, 0.25) is 0 Å². The minimum Gasteiger partial charge on any atom is -0.320 e. The number of aromatic nitrogens is 4. The molecule has 7 heteroatoms. The van der Waals surface area contributed by atoms with Gasteiger partial charge in [-0.3, -0.25) is 9.78 Å². The number of anilines is 1. The van der Waals surface area contributed by atoms with E-state index in [1.807, 2.05) is 18.2 Å². The average Bonchev–Trinajstić information content (AvgIpc) is 3.02. The molecule has 0 atom stereocenters. The zero-order valence-electron chi connectivity index (χ0n) is 10.8. The highest BCUT2D eigenvalue weighted by molar-refractivity contribution is 6.34. The van der Waals surface area contributed by atoms with Gasteiger partial charge in [0.15, 0.2) is 0 Å². The third kappa shape index (κ3) is 2.75. The van der Waals surface area contributed by atoms with Crippen molar-refractivity contribution in [1.29, 1.82) is 0 Å². The molecular formula is C14H10ClN5O. The van der Waals surface area contributed by atoms with Crippen LogP contribution in [0.1, 0.15) is 10.4 Å². The van der Waals surface area contributed by atoms with E-state index in [1.54, 1.807) is 29.2 Å². The van der Waals surface area contributed by atoms with Crippen LogP contribution in [0, 0.1) is 0 Å². The summed E-state index contributed by atoms with van der Waals surface area (Å²) in [5, 5.41) is 10.8. The molecule has 0 aliphatic rings. The predicted octanol–water partition coefficient (Wildman–Crippen LogP) is 2.57. The fourth-order valence-corrected chi connectivity index (χ4v) is 2.07. The lowest BCUT2D eigenvalue weighted by molar-refractivity contribution is 0.102. The van der Waals surface area contributed by atoms with E-state index in [-0.39, 0.29) is 5.91 Å². The van der Waals surface area contributed by atoms with E-state index in [0.29, 0.717) is 22.0 Å². The first kappa shape index (κ1) is 13.3. The average molecular weight is 300 g/mol. The number of halogens is 1. The molecule has 0 bridgehead atoms. The minimum absolute atomic E-state index is 0.299. The molecule has 0 radical (unpaired) electrons. The summed E-state index contributed by atoms with van der Waals surface area (Å²) < 4.78 is 1.57. The first-order chi connectivity index (χ1) is 10.3. The van der Waals surface area contributed by atoms with Crippen LogP contribution in [0.2, 0.25) is 5.02 Å². The van der Waals surface area contributed by atoms with Gasteiger partial charge in [-0.05, 0) is 18.2 Å². The number of carbonyl (C=O) groups excluding carboxylic acids is 1. The largest absolute Gasteiger partial charge is 0.320 e. The van der Waals surface area contributed by atoms with Crippen LogP contribution < -0.4 is 5.32 Å². The van der Waals surface area contributed by atoms with Gasteiger partial charge < -0.3 is 5.32 Å². The number of hydrogen-bond acceptors (Lipinski definition) is 4. The second-order valence-corrected chi connectivity index (χ2v) is 4.58. The number of benzene rings is 1. The SMILES string of the molecule is O=C(Nc1ccccc1-n1ccnn1)c1ccncc1Cl. The molecule has 1 N–H and O–H groups in total. The maximum absolute atomic E-state index is 12.3. The highest BCUT2D eigenvalue weighted by Gasteiger charge is 2.13. The summed E-state index contributed by atoms with van der Waals surface area (Å²) in [6.07, 6.45) is 6.21. The van der Waals surface area contributed by atoms with Gasteiger partial charge in [-0.1, -0.05) is 28.9 Å². The smallest absolute Gasteiger partial charge is 0.257 e. The lowest BCUT2D eigenvalue weighted by Gasteiger charge is -2.11. The lowest BCUT2D eigenvalue weighted by Crippen LogP contribution is -2.14. The van der Waals surface area contributed by atoms with Crippen LogP contribution in [0.5, 0.6) is 0 Å². The molecule has 1 aromatic carbocycles. The summed E-state index contributed by atoms with van der Waals surface area (Å²) in [5.74, 6) is -0.310. The van der Waals surface area contributed by atoms with Gasteiger partial charge in [0.1, 0.15) is 0 Å². The van der Waals surface area contributed by atoms with Gasteiger partial charge in [0.25, 0.3) is 5.91 Å². The molecule has 0 spiro atoms. The van der Waals surface area contributed by atoms with Crippen LogP contribution in [-0.4, -0.2) is 25.9 Å². The number of nitrogens with zero attached hydrogens (tertiary/aromatic N) is 4. The maximum atomic E-state index is 12.3. The molecule has 0 saturated heterocycles. The van der Waals surface area contributed by atoms with Crippen LogP contribution in [0.25, 0.3) is 5.69 Å². The van der Waals surface area contributed by atoms with E-state index in [4.69, 9.17) is 11.6 Å². The van der Waals surface area contributed by atoms with Crippen molar-refractivity contribution in [2.75, 3.05) is 5.32 Å². The van der Waals surface area contributed by atoms with Gasteiger partial charge in [0, 0.05) is 12.4 Å². The van der Waals surface area contributed by atoms with Crippen molar-refractivity contribution in [3.63, 3.8) is 0 Å². The van der Waals surface area contributed by atoms with Gasteiger partial charge >= 0.3 is 0 Å². The number of carbonyl (C=O) groups is 1. The molecule has 0 unspecified atom stereocenters. The molecule has 0 aliphatic heterocycles. The fraction of sp³-hybridized carbons (Fsp3) is 0. The molecule has 1 amide bonds. The zero-order valence-corrected chi connectivity index (χ0v) is 11.5. The molecule has 6 nitrogen and oxygen atoms in total. The normalized spacial score (nSPS) is 10.3. The molecule has 0 aliphatic carbocycles. The standard InChI is InChI=1S/C14H10ClN5O/c15-11-9-16-6-5-10(11)14(21)18-12-3-1-2-4-13(12)20-8-7-17-19-20/h1-9H,(H,18,21). The van der Waals surface area contributed by atoms with E-state index in [9.17, 15) is 4.79 Å². The van der Waals surface area contributed by atoms with E-state index in [1.165, 1.54) is 12.4 Å². The van der Waals surface area contributed by atoms with Gasteiger partial charge in [0.05, 0.1) is 34.4 Å². The second kappa shape index (κ2) is 5.72. The first-order valence-corrected chi connectivity index (χ1v) is 6.50. The van der Waals surface area contributed by atoms with Crippen LogP contribution in [0.3, 0.4) is 0 Å². The second-order valence-electron chi connectivity index (χ2n) is 4.17. The quantitative estimate of drug-likeness (QED) is 0.806. The van der Waals surface area contributed by atoms with Crippen LogP contribution in [0.4, 0.5) is 5.69 Å². The Kier molecular flexibility index (Phi) is 3.61. The van der Waals surface area contributed by atoms with E-state index in [2.05, 4.69) is 20.6 Å². The van der Waals surface area contributed by atoms with Crippen LogP contribution in [-0.2, 0) is 0 Å². The molecule has 0 fully saturated rings. The minimum atomic E-state index is -0.310. The van der Waals surface area contributed by atoms with Gasteiger partial charge in [-0.2, -0.15) is 0 Å². The summed E-state index contributed by atoms with van der Waals surface area (Å²) in [6, 6.07) is 8.86. The number of rotatable bonds is 3. The summed E-state index contributed by atoms with van der Waals surface area (Å²) in [7, 11) is 0. The Morgan fingerprint density at radius 2 is 2.05 bits per heavy atom. The van der Waals surface area contributed by atoms with Crippen molar-refractivity contribution in [3.05, 3.63) is 65.7 Å². The van der Waals surface area contributed by atoms with Crippen LogP contribution >= 0.6 is 11.6 Å². The van der Waals surface area contributed by atoms with Crippen molar-refractivity contribution in [2.45, 2.75) is 0 Å². The number of pyridine rings is 1. The molecule has 0 saturated carbocycles. The molecule has 2 heterocycles. The van der Waals surface area contributed by atoms with Gasteiger partial charge in [-0.25, -0.2) is 4.68 Å². The Bertz CT molecular complexity index is 773. The summed E-state index contributed by atoms with van der Waals surface area (Å²) in [4.78, 5) is 16.1. The predicted molar refractivity (Wildman–Crippen MR) is 78.6 cm³/mol. The van der Waals surface area contributed by atoms with Crippen LogP contribution in [0.15, 0.2) is 55.1 Å². The van der Waals surface area contributed by atoms with Crippen molar-refractivity contribution in [3.8, 4) is 5.69 Å². The van der Waals surface area contributed by atoms with Crippen molar-refractivity contribution >= 4 is 23.2 Å². The maximum Gasteiger partial charge on any atom is 0.257 e. The number of amides is 1. The number of para-hydroxylation sites is 2. The molecule has 3 aromatic rings. The van der Waals surface area contributed by atoms with E-state index in [0.717, 1.165) is 0 Å². The zero-order chi connectivity index (χ0) is 14.7.